The fraction of sp³-hybridized carbons (Fsp3) is 0.500. The van der Waals surface area contributed by atoms with Crippen LogP contribution in [0.4, 0.5) is 5.13 Å². The van der Waals surface area contributed by atoms with Gasteiger partial charge in [0, 0.05) is 11.4 Å². The second-order valence-corrected chi connectivity index (χ2v) is 8.93. The second-order valence-electron chi connectivity index (χ2n) is 7.84. The number of hydrogen-bond acceptors (Lipinski definition) is 5. The Kier molecular flexibility index (Phi) is 7.39. The SMILES string of the molecule is CC(C(=O)Nc1nc2c(s1)CCCC2C(=O)NCCCN(C)C)c1ccccc1. The van der Waals surface area contributed by atoms with Crippen molar-refractivity contribution in [2.75, 3.05) is 32.5 Å². The summed E-state index contributed by atoms with van der Waals surface area (Å²) in [6.07, 6.45) is 3.62. The van der Waals surface area contributed by atoms with E-state index in [0.717, 1.165) is 48.4 Å². The fourth-order valence-corrected chi connectivity index (χ4v) is 4.63. The number of amides is 2. The second kappa shape index (κ2) is 9.98. The van der Waals surface area contributed by atoms with Crippen LogP contribution in [0.25, 0.3) is 0 Å². The van der Waals surface area contributed by atoms with Crippen LogP contribution in [0.15, 0.2) is 30.3 Å². The van der Waals surface area contributed by atoms with Gasteiger partial charge in [0.05, 0.1) is 17.5 Å². The first-order valence-corrected chi connectivity index (χ1v) is 11.0. The minimum atomic E-state index is -0.257. The number of aryl methyl sites for hydroxylation is 1. The normalized spacial score (nSPS) is 16.9. The Bertz CT molecular complexity index is 835. The van der Waals surface area contributed by atoms with Gasteiger partial charge in [-0.1, -0.05) is 30.3 Å². The standard InChI is InChI=1S/C22H30N4O2S/c1-15(16-9-5-4-6-10-16)20(27)25-22-24-19-17(11-7-12-18(19)29-22)21(28)23-13-8-14-26(2)3/h4-6,9-10,15,17H,7-8,11-14H2,1-3H3,(H,23,28)(H,24,25,27). The molecular formula is C22H30N4O2S. The number of benzene rings is 1. The molecule has 1 aromatic carbocycles. The number of hydrogen-bond donors (Lipinski definition) is 2. The van der Waals surface area contributed by atoms with Gasteiger partial charge in [-0.2, -0.15) is 0 Å². The number of aromatic nitrogens is 1. The number of fused-ring (bicyclic) bond motifs is 1. The lowest BCUT2D eigenvalue weighted by molar-refractivity contribution is -0.123. The monoisotopic (exact) mass is 414 g/mol. The highest BCUT2D eigenvalue weighted by Gasteiger charge is 2.30. The summed E-state index contributed by atoms with van der Waals surface area (Å²) in [5, 5.41) is 6.60. The highest BCUT2D eigenvalue weighted by molar-refractivity contribution is 7.15. The molecule has 2 atom stereocenters. The molecule has 0 fully saturated rings. The summed E-state index contributed by atoms with van der Waals surface area (Å²) >= 11 is 1.50. The molecule has 0 aliphatic heterocycles. The maximum atomic E-state index is 12.7. The highest BCUT2D eigenvalue weighted by atomic mass is 32.1. The Morgan fingerprint density at radius 2 is 2.03 bits per heavy atom. The lowest BCUT2D eigenvalue weighted by Gasteiger charge is -2.20. The predicted octanol–water partition coefficient (Wildman–Crippen LogP) is 3.37. The average molecular weight is 415 g/mol. The van der Waals surface area contributed by atoms with Gasteiger partial charge in [0.15, 0.2) is 5.13 Å². The van der Waals surface area contributed by atoms with E-state index in [1.54, 1.807) is 0 Å². The van der Waals surface area contributed by atoms with E-state index in [0.29, 0.717) is 11.7 Å². The van der Waals surface area contributed by atoms with E-state index in [1.807, 2.05) is 51.4 Å². The summed E-state index contributed by atoms with van der Waals surface area (Å²) < 4.78 is 0. The number of nitrogens with one attached hydrogen (secondary N) is 2. The smallest absolute Gasteiger partial charge is 0.233 e. The maximum Gasteiger partial charge on any atom is 0.233 e. The van der Waals surface area contributed by atoms with E-state index >= 15 is 0 Å². The van der Waals surface area contributed by atoms with Gasteiger partial charge < -0.3 is 15.5 Å². The Morgan fingerprint density at radius 3 is 2.76 bits per heavy atom. The van der Waals surface area contributed by atoms with Crippen molar-refractivity contribution in [1.82, 2.24) is 15.2 Å². The number of thiazole rings is 1. The van der Waals surface area contributed by atoms with Crippen LogP contribution in [0.5, 0.6) is 0 Å². The van der Waals surface area contributed by atoms with Crippen molar-refractivity contribution >= 4 is 28.3 Å². The van der Waals surface area contributed by atoms with Crippen LogP contribution in [0.1, 0.15) is 54.2 Å². The van der Waals surface area contributed by atoms with Crippen LogP contribution in [0.3, 0.4) is 0 Å². The van der Waals surface area contributed by atoms with E-state index < -0.39 is 0 Å². The molecule has 2 unspecified atom stereocenters. The number of nitrogens with zero attached hydrogens (tertiary/aromatic N) is 2. The van der Waals surface area contributed by atoms with E-state index in [4.69, 9.17) is 0 Å². The average Bonchev–Trinajstić information content (AvgIpc) is 3.13. The van der Waals surface area contributed by atoms with Crippen molar-refractivity contribution in [3.63, 3.8) is 0 Å². The first kappa shape index (κ1) is 21.5. The lowest BCUT2D eigenvalue weighted by Crippen LogP contribution is -2.33. The summed E-state index contributed by atoms with van der Waals surface area (Å²) in [6.45, 7) is 3.51. The van der Waals surface area contributed by atoms with Crippen molar-refractivity contribution in [3.05, 3.63) is 46.5 Å². The molecule has 0 bridgehead atoms. The molecule has 0 saturated heterocycles. The van der Waals surface area contributed by atoms with Gasteiger partial charge in [-0.05, 0) is 58.8 Å². The molecule has 0 spiro atoms. The zero-order chi connectivity index (χ0) is 20.8. The molecule has 2 aromatic rings. The van der Waals surface area contributed by atoms with Crippen molar-refractivity contribution in [1.29, 1.82) is 0 Å². The van der Waals surface area contributed by atoms with Crippen molar-refractivity contribution in [2.45, 2.75) is 44.4 Å². The molecular weight excluding hydrogens is 384 g/mol. The first-order chi connectivity index (χ1) is 14.0. The van der Waals surface area contributed by atoms with Gasteiger partial charge in [-0.3, -0.25) is 9.59 Å². The number of anilines is 1. The van der Waals surface area contributed by atoms with Gasteiger partial charge in [-0.15, -0.1) is 11.3 Å². The Morgan fingerprint density at radius 1 is 1.28 bits per heavy atom. The summed E-state index contributed by atoms with van der Waals surface area (Å²) in [7, 11) is 4.05. The predicted molar refractivity (Wildman–Crippen MR) is 117 cm³/mol. The van der Waals surface area contributed by atoms with E-state index in [2.05, 4.69) is 20.5 Å². The third kappa shape index (κ3) is 5.64. The topological polar surface area (TPSA) is 74.3 Å². The molecule has 1 aromatic heterocycles. The van der Waals surface area contributed by atoms with Crippen LogP contribution >= 0.6 is 11.3 Å². The molecule has 1 heterocycles. The molecule has 6 nitrogen and oxygen atoms in total. The molecule has 1 aliphatic carbocycles. The Labute approximate surface area is 176 Å². The van der Waals surface area contributed by atoms with Crippen LogP contribution in [-0.4, -0.2) is 48.9 Å². The molecule has 29 heavy (non-hydrogen) atoms. The summed E-state index contributed by atoms with van der Waals surface area (Å²) in [5.41, 5.74) is 1.82. The number of carbonyl (C=O) groups excluding carboxylic acids is 2. The highest BCUT2D eigenvalue weighted by Crippen LogP contribution is 2.37. The summed E-state index contributed by atoms with van der Waals surface area (Å²) in [5.74, 6) is -0.503. The van der Waals surface area contributed by atoms with E-state index in [1.165, 1.54) is 11.3 Å². The van der Waals surface area contributed by atoms with E-state index in [-0.39, 0.29) is 23.7 Å². The van der Waals surface area contributed by atoms with Crippen LogP contribution < -0.4 is 10.6 Å². The van der Waals surface area contributed by atoms with Crippen LogP contribution in [-0.2, 0) is 16.0 Å². The molecule has 0 radical (unpaired) electrons. The first-order valence-electron chi connectivity index (χ1n) is 10.2. The quantitative estimate of drug-likeness (QED) is 0.650. The van der Waals surface area contributed by atoms with Crippen LogP contribution in [0, 0.1) is 0 Å². The summed E-state index contributed by atoms with van der Waals surface area (Å²) in [4.78, 5) is 33.2. The number of carbonyl (C=O) groups is 2. The van der Waals surface area contributed by atoms with Crippen LogP contribution in [0.2, 0.25) is 0 Å². The molecule has 2 amide bonds. The summed E-state index contributed by atoms with van der Waals surface area (Å²) in [6, 6.07) is 9.71. The van der Waals surface area contributed by atoms with Crippen molar-refractivity contribution < 1.29 is 9.59 Å². The third-order valence-corrected chi connectivity index (χ3v) is 6.32. The molecule has 3 rings (SSSR count). The minimum Gasteiger partial charge on any atom is -0.355 e. The largest absolute Gasteiger partial charge is 0.355 e. The van der Waals surface area contributed by atoms with Gasteiger partial charge in [0.1, 0.15) is 0 Å². The Hall–Kier alpha value is -2.25. The van der Waals surface area contributed by atoms with Gasteiger partial charge in [0.2, 0.25) is 11.8 Å². The fourth-order valence-electron chi connectivity index (χ4n) is 3.56. The molecule has 0 saturated carbocycles. The maximum absolute atomic E-state index is 12.7. The lowest BCUT2D eigenvalue weighted by atomic mass is 9.90. The number of rotatable bonds is 8. The zero-order valence-electron chi connectivity index (χ0n) is 17.4. The Balaban J connectivity index is 1.63. The van der Waals surface area contributed by atoms with Gasteiger partial charge >= 0.3 is 0 Å². The molecule has 2 N–H and O–H groups in total. The minimum absolute atomic E-state index is 0.0468. The molecule has 7 heteroatoms. The molecule has 1 aliphatic rings. The van der Waals surface area contributed by atoms with Gasteiger partial charge in [-0.25, -0.2) is 4.98 Å². The van der Waals surface area contributed by atoms with Crippen molar-refractivity contribution in [2.24, 2.45) is 0 Å². The van der Waals surface area contributed by atoms with Crippen molar-refractivity contribution in [3.8, 4) is 0 Å². The zero-order valence-corrected chi connectivity index (χ0v) is 18.2. The third-order valence-electron chi connectivity index (χ3n) is 5.28. The molecule has 156 valence electrons. The van der Waals surface area contributed by atoms with E-state index in [9.17, 15) is 9.59 Å². The van der Waals surface area contributed by atoms with Gasteiger partial charge in [0.25, 0.3) is 0 Å².